The monoisotopic (exact) mass is 526 g/mol. The van der Waals surface area contributed by atoms with Crippen LogP contribution in [0.15, 0.2) is 105 Å². The summed E-state index contributed by atoms with van der Waals surface area (Å²) in [5, 5.41) is 0. The van der Waals surface area contributed by atoms with Crippen molar-refractivity contribution in [1.82, 2.24) is 0 Å². The Morgan fingerprint density at radius 1 is 0.450 bits per heavy atom. The van der Waals surface area contributed by atoms with Crippen molar-refractivity contribution in [3.63, 3.8) is 0 Å². The van der Waals surface area contributed by atoms with E-state index >= 15 is 0 Å². The van der Waals surface area contributed by atoms with E-state index in [9.17, 15) is 19.2 Å². The Balaban J connectivity index is 2.00. The van der Waals surface area contributed by atoms with Gasteiger partial charge in [-0.3, -0.25) is 0 Å². The van der Waals surface area contributed by atoms with Crippen LogP contribution in [0.25, 0.3) is 0 Å². The molecule has 0 N–H and O–H groups in total. The number of isocyanates is 4. The molecule has 0 aliphatic heterocycles. The van der Waals surface area contributed by atoms with Gasteiger partial charge in [0, 0.05) is 11.8 Å². The molecule has 0 saturated carbocycles. The van der Waals surface area contributed by atoms with E-state index in [2.05, 4.69) is 20.0 Å². The van der Waals surface area contributed by atoms with Crippen molar-refractivity contribution in [3.8, 4) is 0 Å². The normalized spacial score (nSPS) is 11.6. The zero-order valence-corrected chi connectivity index (χ0v) is 21.7. The Morgan fingerprint density at radius 3 is 1.10 bits per heavy atom. The van der Waals surface area contributed by atoms with E-state index in [1.165, 1.54) is 0 Å². The molecule has 0 aliphatic rings. The number of hydrogen-bond acceptors (Lipinski definition) is 8. The molecule has 194 valence electrons. The first-order chi connectivity index (χ1) is 19.5. The third-order valence-corrected chi connectivity index (χ3v) is 6.68. The van der Waals surface area contributed by atoms with Gasteiger partial charge in [-0.05, 0) is 83.6 Å². The Morgan fingerprint density at radius 2 is 0.775 bits per heavy atom. The number of aryl methyl sites for hydroxylation is 2. The zero-order valence-electron chi connectivity index (χ0n) is 21.7. The molecule has 0 radical (unpaired) electrons. The highest BCUT2D eigenvalue weighted by Gasteiger charge is 2.29. The van der Waals surface area contributed by atoms with E-state index in [1.807, 2.05) is 62.4 Å². The van der Waals surface area contributed by atoms with Gasteiger partial charge in [0.25, 0.3) is 0 Å². The van der Waals surface area contributed by atoms with Gasteiger partial charge in [0.15, 0.2) is 0 Å². The molecule has 0 atom stereocenters. The summed E-state index contributed by atoms with van der Waals surface area (Å²) >= 11 is 0. The predicted molar refractivity (Wildman–Crippen MR) is 150 cm³/mol. The number of rotatable bonds is 9. The molecule has 0 spiro atoms. The number of hydrogen-bond donors (Lipinski definition) is 0. The summed E-state index contributed by atoms with van der Waals surface area (Å²) in [6.07, 6.45) is 6.32. The van der Waals surface area contributed by atoms with Crippen molar-refractivity contribution in [2.45, 2.75) is 25.7 Å². The minimum Gasteiger partial charge on any atom is -0.211 e. The van der Waals surface area contributed by atoms with Crippen molar-refractivity contribution in [2.24, 2.45) is 20.0 Å². The third-order valence-electron chi connectivity index (χ3n) is 6.68. The van der Waals surface area contributed by atoms with Crippen LogP contribution < -0.4 is 0 Å². The van der Waals surface area contributed by atoms with Gasteiger partial charge in [-0.15, -0.1) is 0 Å². The molecule has 8 heteroatoms. The Kier molecular flexibility index (Phi) is 8.76. The SMILES string of the molecule is Cc1cc(C(c2ccc(N=C=O)c(C)c2)C(c2ccc(N=C=O)cc2)c2ccc(N=C=O)cc2)ccc1N=C=O. The molecular weight excluding hydrogens is 504 g/mol. The van der Waals surface area contributed by atoms with Gasteiger partial charge < -0.3 is 0 Å². The van der Waals surface area contributed by atoms with Gasteiger partial charge in [-0.1, -0.05) is 48.5 Å². The lowest BCUT2D eigenvalue weighted by molar-refractivity contribution is 0.564. The molecule has 0 fully saturated rings. The second-order valence-electron chi connectivity index (χ2n) is 9.04. The fourth-order valence-electron chi connectivity index (χ4n) is 4.87. The van der Waals surface area contributed by atoms with E-state index < -0.39 is 0 Å². The number of carbonyl (C=O) groups excluding carboxylic acids is 4. The average Bonchev–Trinajstić information content (AvgIpc) is 2.96. The maximum Gasteiger partial charge on any atom is 0.240 e. The van der Waals surface area contributed by atoms with E-state index in [-0.39, 0.29) is 11.8 Å². The smallest absolute Gasteiger partial charge is 0.211 e. The molecule has 8 nitrogen and oxygen atoms in total. The van der Waals surface area contributed by atoms with Crippen LogP contribution in [-0.2, 0) is 19.2 Å². The van der Waals surface area contributed by atoms with Crippen molar-refractivity contribution >= 4 is 47.1 Å². The Bertz CT molecular complexity index is 1610. The number of benzene rings is 4. The fraction of sp³-hybridized carbons (Fsp3) is 0.125. The highest BCUT2D eigenvalue weighted by molar-refractivity contribution is 5.60. The largest absolute Gasteiger partial charge is 0.240 e. The fourth-order valence-corrected chi connectivity index (χ4v) is 4.87. The van der Waals surface area contributed by atoms with Crippen LogP contribution in [-0.4, -0.2) is 24.3 Å². The summed E-state index contributed by atoms with van der Waals surface area (Å²) in [5.74, 6) is -0.523. The molecular formula is C32H22N4O4. The molecule has 0 saturated heterocycles. The summed E-state index contributed by atoms with van der Waals surface area (Å²) in [6, 6.07) is 26.0. The lowest BCUT2D eigenvalue weighted by Gasteiger charge is -2.30. The van der Waals surface area contributed by atoms with Crippen molar-refractivity contribution in [2.75, 3.05) is 0 Å². The number of nitrogens with zero attached hydrogens (tertiary/aromatic N) is 4. The van der Waals surface area contributed by atoms with Gasteiger partial charge in [0.2, 0.25) is 24.3 Å². The van der Waals surface area contributed by atoms with E-state index in [0.29, 0.717) is 22.7 Å². The minimum atomic E-state index is -0.262. The molecule has 0 aromatic heterocycles. The van der Waals surface area contributed by atoms with E-state index in [1.54, 1.807) is 60.7 Å². The average molecular weight is 527 g/mol. The van der Waals surface area contributed by atoms with E-state index in [0.717, 1.165) is 33.4 Å². The van der Waals surface area contributed by atoms with Crippen LogP contribution in [0.1, 0.15) is 45.2 Å². The zero-order chi connectivity index (χ0) is 28.5. The highest BCUT2D eigenvalue weighted by Crippen LogP contribution is 2.45. The van der Waals surface area contributed by atoms with E-state index in [4.69, 9.17) is 0 Å². The summed E-state index contributed by atoms with van der Waals surface area (Å²) in [5.41, 5.74) is 7.35. The van der Waals surface area contributed by atoms with Crippen LogP contribution in [0.4, 0.5) is 22.7 Å². The Labute approximate surface area is 230 Å². The molecule has 0 unspecified atom stereocenters. The minimum absolute atomic E-state index is 0.261. The molecule has 0 aliphatic carbocycles. The molecule has 0 amide bonds. The van der Waals surface area contributed by atoms with Crippen molar-refractivity contribution in [3.05, 3.63) is 118 Å². The molecule has 0 bridgehead atoms. The van der Waals surface area contributed by atoms with Gasteiger partial charge in [-0.25, -0.2) is 19.2 Å². The Hall–Kier alpha value is -5.60. The summed E-state index contributed by atoms with van der Waals surface area (Å²) < 4.78 is 0. The maximum atomic E-state index is 10.9. The first kappa shape index (κ1) is 27.4. The molecule has 4 rings (SSSR count). The van der Waals surface area contributed by atoms with Gasteiger partial charge >= 0.3 is 0 Å². The van der Waals surface area contributed by atoms with Gasteiger partial charge in [0.1, 0.15) is 0 Å². The lowest BCUT2D eigenvalue weighted by atomic mass is 9.73. The van der Waals surface area contributed by atoms with Crippen LogP contribution in [0.5, 0.6) is 0 Å². The summed E-state index contributed by atoms with van der Waals surface area (Å²) in [4.78, 5) is 58.5. The predicted octanol–water partition coefficient (Wildman–Crippen LogP) is 7.14. The van der Waals surface area contributed by atoms with Crippen LogP contribution in [0, 0.1) is 13.8 Å². The topological polar surface area (TPSA) is 118 Å². The second-order valence-corrected chi connectivity index (χ2v) is 9.04. The lowest BCUT2D eigenvalue weighted by Crippen LogP contribution is -2.15. The standard InChI is InChI=1S/C32H22N4O4/c1-21-15-25(7-13-29(21)35-19-39)32(26-8-14-30(36-20-40)22(2)16-26)31(23-3-9-27(10-4-23)33-17-37)24-5-11-28(12-6-24)34-18-38/h3-16,31-32H,1-2H3. The second kappa shape index (κ2) is 12.8. The quantitative estimate of drug-likeness (QED) is 0.170. The van der Waals surface area contributed by atoms with Crippen LogP contribution >= 0.6 is 0 Å². The van der Waals surface area contributed by atoms with Crippen LogP contribution in [0.2, 0.25) is 0 Å². The van der Waals surface area contributed by atoms with Gasteiger partial charge in [0.05, 0.1) is 22.7 Å². The summed E-state index contributed by atoms with van der Waals surface area (Å²) in [7, 11) is 0. The molecule has 4 aromatic carbocycles. The van der Waals surface area contributed by atoms with Crippen LogP contribution in [0.3, 0.4) is 0 Å². The molecule has 0 heterocycles. The maximum absolute atomic E-state index is 10.9. The number of aliphatic imine (C=N–C) groups is 4. The first-order valence-electron chi connectivity index (χ1n) is 12.2. The third kappa shape index (κ3) is 6.09. The highest BCUT2D eigenvalue weighted by atomic mass is 16.1. The molecule has 40 heavy (non-hydrogen) atoms. The first-order valence-corrected chi connectivity index (χ1v) is 12.2. The van der Waals surface area contributed by atoms with Crippen molar-refractivity contribution < 1.29 is 19.2 Å². The van der Waals surface area contributed by atoms with Crippen molar-refractivity contribution in [1.29, 1.82) is 0 Å². The van der Waals surface area contributed by atoms with Gasteiger partial charge in [-0.2, -0.15) is 20.0 Å². The molecule has 4 aromatic rings. The summed E-state index contributed by atoms with van der Waals surface area (Å²) in [6.45, 7) is 3.74.